The Hall–Kier alpha value is -1.24. The fraction of sp³-hybridized carbons (Fsp3) is 0.143. The molecule has 0 amide bonds. The topological polar surface area (TPSA) is 69.4 Å². The molecule has 0 radical (unpaired) electrons. The standard InChI is InChI=1S/C14H13BrClNO3S/c1-20-13-4-3-11(16)6-9(13)8-21(18,19)14-5-2-10(15)7-12(14)17/h2-7H,8,17H2,1H3. The van der Waals surface area contributed by atoms with E-state index in [0.717, 1.165) is 4.47 Å². The Labute approximate surface area is 136 Å². The van der Waals surface area contributed by atoms with E-state index >= 15 is 0 Å². The van der Waals surface area contributed by atoms with Gasteiger partial charge >= 0.3 is 0 Å². The predicted octanol–water partition coefficient (Wildman–Crippen LogP) is 3.67. The van der Waals surface area contributed by atoms with E-state index in [2.05, 4.69) is 15.9 Å². The lowest BCUT2D eigenvalue weighted by molar-refractivity contribution is 0.411. The van der Waals surface area contributed by atoms with Crippen molar-refractivity contribution in [2.75, 3.05) is 12.8 Å². The van der Waals surface area contributed by atoms with Crippen LogP contribution in [0.1, 0.15) is 5.56 Å². The molecule has 0 fully saturated rings. The maximum absolute atomic E-state index is 12.5. The number of ether oxygens (including phenoxy) is 1. The van der Waals surface area contributed by atoms with Gasteiger partial charge in [-0.1, -0.05) is 27.5 Å². The summed E-state index contributed by atoms with van der Waals surface area (Å²) >= 11 is 9.17. The molecular formula is C14H13BrClNO3S. The van der Waals surface area contributed by atoms with Gasteiger partial charge in [0, 0.05) is 15.1 Å². The van der Waals surface area contributed by atoms with Crippen LogP contribution in [-0.2, 0) is 15.6 Å². The molecule has 7 heteroatoms. The third kappa shape index (κ3) is 3.70. The Balaban J connectivity index is 2.44. The lowest BCUT2D eigenvalue weighted by Gasteiger charge is -2.11. The van der Waals surface area contributed by atoms with Crippen LogP contribution in [0.3, 0.4) is 0 Å². The number of anilines is 1. The fourth-order valence-corrected chi connectivity index (χ4v) is 4.00. The van der Waals surface area contributed by atoms with E-state index in [0.29, 0.717) is 16.3 Å². The van der Waals surface area contributed by atoms with Gasteiger partial charge in [0.15, 0.2) is 9.84 Å². The molecular weight excluding hydrogens is 378 g/mol. The van der Waals surface area contributed by atoms with E-state index in [1.807, 2.05) is 0 Å². The van der Waals surface area contributed by atoms with Crippen LogP contribution in [0.25, 0.3) is 0 Å². The Morgan fingerprint density at radius 2 is 1.95 bits per heavy atom. The third-order valence-electron chi connectivity index (χ3n) is 2.89. The summed E-state index contributed by atoms with van der Waals surface area (Å²) in [4.78, 5) is 0.0905. The van der Waals surface area contributed by atoms with Crippen LogP contribution < -0.4 is 10.5 Å². The van der Waals surface area contributed by atoms with Gasteiger partial charge in [0.05, 0.1) is 23.4 Å². The number of hydrogen-bond donors (Lipinski definition) is 1. The summed E-state index contributed by atoms with van der Waals surface area (Å²) in [6, 6.07) is 9.53. The van der Waals surface area contributed by atoms with Crippen LogP contribution in [0, 0.1) is 0 Å². The molecule has 2 aromatic rings. The zero-order valence-electron chi connectivity index (χ0n) is 11.1. The highest BCUT2D eigenvalue weighted by atomic mass is 79.9. The van der Waals surface area contributed by atoms with Gasteiger partial charge in [-0.2, -0.15) is 0 Å². The highest BCUT2D eigenvalue weighted by Gasteiger charge is 2.20. The van der Waals surface area contributed by atoms with Gasteiger partial charge in [-0.15, -0.1) is 0 Å². The average Bonchev–Trinajstić information content (AvgIpc) is 2.37. The lowest BCUT2D eigenvalue weighted by Crippen LogP contribution is -2.09. The zero-order chi connectivity index (χ0) is 15.6. The zero-order valence-corrected chi connectivity index (χ0v) is 14.3. The number of rotatable bonds is 4. The molecule has 0 aliphatic carbocycles. The minimum atomic E-state index is -3.59. The van der Waals surface area contributed by atoms with Crippen LogP contribution in [-0.4, -0.2) is 15.5 Å². The molecule has 0 heterocycles. The van der Waals surface area contributed by atoms with Gasteiger partial charge in [-0.05, 0) is 36.4 Å². The van der Waals surface area contributed by atoms with Crippen molar-refractivity contribution < 1.29 is 13.2 Å². The summed E-state index contributed by atoms with van der Waals surface area (Å²) in [5, 5.41) is 0.449. The van der Waals surface area contributed by atoms with Crippen LogP contribution in [0.5, 0.6) is 5.75 Å². The summed E-state index contributed by atoms with van der Waals surface area (Å²) in [6.07, 6.45) is 0. The highest BCUT2D eigenvalue weighted by molar-refractivity contribution is 9.10. The Bertz CT molecular complexity index is 778. The fourth-order valence-electron chi connectivity index (χ4n) is 1.94. The first-order chi connectivity index (χ1) is 9.83. The molecule has 0 saturated carbocycles. The second-order valence-electron chi connectivity index (χ2n) is 4.40. The number of methoxy groups -OCH3 is 1. The first kappa shape index (κ1) is 16.1. The highest BCUT2D eigenvalue weighted by Crippen LogP contribution is 2.30. The normalized spacial score (nSPS) is 11.4. The third-order valence-corrected chi connectivity index (χ3v) is 5.36. The summed E-state index contributed by atoms with van der Waals surface area (Å²) in [7, 11) is -2.12. The lowest BCUT2D eigenvalue weighted by atomic mass is 10.2. The van der Waals surface area contributed by atoms with Crippen molar-refractivity contribution in [3.8, 4) is 5.75 Å². The molecule has 0 unspecified atom stereocenters. The summed E-state index contributed by atoms with van der Waals surface area (Å²) in [6.45, 7) is 0. The number of sulfone groups is 1. The van der Waals surface area contributed by atoms with Crippen LogP contribution >= 0.6 is 27.5 Å². The maximum Gasteiger partial charge on any atom is 0.184 e. The predicted molar refractivity (Wildman–Crippen MR) is 87.4 cm³/mol. The van der Waals surface area contributed by atoms with Gasteiger partial charge in [0.2, 0.25) is 0 Å². The van der Waals surface area contributed by atoms with Crippen molar-refractivity contribution in [1.82, 2.24) is 0 Å². The van der Waals surface area contributed by atoms with Gasteiger partial charge < -0.3 is 10.5 Å². The summed E-state index contributed by atoms with van der Waals surface area (Å²) < 4.78 is 30.9. The second-order valence-corrected chi connectivity index (χ2v) is 7.71. The Morgan fingerprint density at radius 3 is 2.57 bits per heavy atom. The molecule has 0 saturated heterocycles. The molecule has 0 bridgehead atoms. The number of halogens is 2. The quantitative estimate of drug-likeness (QED) is 0.809. The van der Waals surface area contributed by atoms with E-state index in [1.165, 1.54) is 13.2 Å². The number of nitrogen functional groups attached to an aromatic ring is 1. The van der Waals surface area contributed by atoms with E-state index in [9.17, 15) is 8.42 Å². The Kier molecular flexibility index (Phi) is 4.81. The van der Waals surface area contributed by atoms with E-state index < -0.39 is 9.84 Å². The molecule has 0 atom stereocenters. The van der Waals surface area contributed by atoms with Gasteiger partial charge in [-0.3, -0.25) is 0 Å². The molecule has 0 spiro atoms. The molecule has 2 rings (SSSR count). The first-order valence-electron chi connectivity index (χ1n) is 5.93. The molecule has 0 aliphatic heterocycles. The molecule has 2 aromatic carbocycles. The monoisotopic (exact) mass is 389 g/mol. The Morgan fingerprint density at radius 1 is 1.24 bits per heavy atom. The van der Waals surface area contributed by atoms with Crippen molar-refractivity contribution in [2.24, 2.45) is 0 Å². The van der Waals surface area contributed by atoms with Crippen LogP contribution in [0.4, 0.5) is 5.69 Å². The molecule has 0 aliphatic rings. The molecule has 4 nitrogen and oxygen atoms in total. The van der Waals surface area contributed by atoms with Crippen molar-refractivity contribution in [2.45, 2.75) is 10.6 Å². The minimum Gasteiger partial charge on any atom is -0.496 e. The molecule has 2 N–H and O–H groups in total. The second kappa shape index (κ2) is 6.25. The average molecular weight is 391 g/mol. The summed E-state index contributed by atoms with van der Waals surface area (Å²) in [5.74, 6) is 0.237. The molecule has 112 valence electrons. The van der Waals surface area contributed by atoms with Crippen LogP contribution in [0.2, 0.25) is 5.02 Å². The number of benzene rings is 2. The first-order valence-corrected chi connectivity index (χ1v) is 8.76. The van der Waals surface area contributed by atoms with Gasteiger partial charge in [-0.25, -0.2) is 8.42 Å². The van der Waals surface area contributed by atoms with Crippen molar-refractivity contribution in [1.29, 1.82) is 0 Å². The molecule has 21 heavy (non-hydrogen) atoms. The van der Waals surface area contributed by atoms with Gasteiger partial charge in [0.25, 0.3) is 0 Å². The van der Waals surface area contributed by atoms with Gasteiger partial charge in [0.1, 0.15) is 5.75 Å². The van der Waals surface area contributed by atoms with Crippen molar-refractivity contribution >= 4 is 43.1 Å². The number of nitrogens with two attached hydrogens (primary N) is 1. The van der Waals surface area contributed by atoms with E-state index in [-0.39, 0.29) is 16.3 Å². The minimum absolute atomic E-state index is 0.0905. The van der Waals surface area contributed by atoms with Crippen molar-refractivity contribution in [3.05, 3.63) is 51.5 Å². The molecule has 0 aromatic heterocycles. The number of hydrogen-bond acceptors (Lipinski definition) is 4. The maximum atomic E-state index is 12.5. The smallest absolute Gasteiger partial charge is 0.184 e. The summed E-state index contributed by atoms with van der Waals surface area (Å²) in [5.41, 5.74) is 6.49. The van der Waals surface area contributed by atoms with E-state index in [4.69, 9.17) is 22.1 Å². The largest absolute Gasteiger partial charge is 0.496 e. The van der Waals surface area contributed by atoms with Crippen LogP contribution in [0.15, 0.2) is 45.8 Å². The SMILES string of the molecule is COc1ccc(Cl)cc1CS(=O)(=O)c1ccc(Br)cc1N. The van der Waals surface area contributed by atoms with E-state index in [1.54, 1.807) is 30.3 Å². The van der Waals surface area contributed by atoms with Crippen molar-refractivity contribution in [3.63, 3.8) is 0 Å².